The topological polar surface area (TPSA) is 69.0 Å². The predicted octanol–water partition coefficient (Wildman–Crippen LogP) is 1.13. The second-order valence-electron chi connectivity index (χ2n) is 4.64. The van der Waals surface area contributed by atoms with E-state index in [1.807, 2.05) is 39.1 Å². The van der Waals surface area contributed by atoms with Crippen LogP contribution in [-0.2, 0) is 18.4 Å². The van der Waals surface area contributed by atoms with Crippen LogP contribution in [0.5, 0.6) is 5.75 Å². The number of aromatic nitrogens is 3. The first kappa shape index (κ1) is 14.0. The molecule has 0 spiro atoms. The number of rotatable bonds is 5. The van der Waals surface area contributed by atoms with Crippen LogP contribution in [0.2, 0.25) is 0 Å². The van der Waals surface area contributed by atoms with Crippen LogP contribution in [0, 0.1) is 13.8 Å². The zero-order valence-corrected chi connectivity index (χ0v) is 11.9. The van der Waals surface area contributed by atoms with Crippen molar-refractivity contribution >= 4 is 5.91 Å². The number of nitrogens with one attached hydrogen (secondary N) is 1. The SMILES string of the molecule is Cc1cccc(C)c1OCC(=O)NCc1nncn1C. The fourth-order valence-corrected chi connectivity index (χ4v) is 1.86. The van der Waals surface area contributed by atoms with Crippen molar-refractivity contribution in [3.8, 4) is 5.75 Å². The summed E-state index contributed by atoms with van der Waals surface area (Å²) in [5, 5.41) is 10.4. The molecule has 0 saturated heterocycles. The van der Waals surface area contributed by atoms with E-state index in [4.69, 9.17) is 4.74 Å². The van der Waals surface area contributed by atoms with Gasteiger partial charge in [-0.25, -0.2) is 0 Å². The van der Waals surface area contributed by atoms with Gasteiger partial charge in [-0.1, -0.05) is 18.2 Å². The molecule has 2 rings (SSSR count). The summed E-state index contributed by atoms with van der Waals surface area (Å²) in [6, 6.07) is 5.88. The van der Waals surface area contributed by atoms with Crippen molar-refractivity contribution in [2.45, 2.75) is 20.4 Å². The quantitative estimate of drug-likeness (QED) is 0.887. The molecule has 0 aliphatic carbocycles. The molecule has 6 nitrogen and oxygen atoms in total. The number of amides is 1. The monoisotopic (exact) mass is 274 g/mol. The first-order chi connectivity index (χ1) is 9.58. The minimum atomic E-state index is -0.185. The molecule has 106 valence electrons. The van der Waals surface area contributed by atoms with Crippen LogP contribution in [-0.4, -0.2) is 27.3 Å². The molecule has 0 aliphatic rings. The molecule has 20 heavy (non-hydrogen) atoms. The maximum Gasteiger partial charge on any atom is 0.258 e. The van der Waals surface area contributed by atoms with Crippen LogP contribution in [0.4, 0.5) is 0 Å². The average molecular weight is 274 g/mol. The van der Waals surface area contributed by atoms with Crippen molar-refractivity contribution in [1.82, 2.24) is 20.1 Å². The number of ether oxygens (including phenoxy) is 1. The van der Waals surface area contributed by atoms with Crippen LogP contribution in [0.1, 0.15) is 17.0 Å². The van der Waals surface area contributed by atoms with Gasteiger partial charge >= 0.3 is 0 Å². The Balaban J connectivity index is 1.85. The molecule has 0 aliphatic heterocycles. The van der Waals surface area contributed by atoms with Gasteiger partial charge in [0.2, 0.25) is 0 Å². The van der Waals surface area contributed by atoms with Crippen molar-refractivity contribution in [3.05, 3.63) is 41.5 Å². The highest BCUT2D eigenvalue weighted by atomic mass is 16.5. The molecule has 1 N–H and O–H groups in total. The Morgan fingerprint density at radius 3 is 2.65 bits per heavy atom. The molecule has 1 aromatic heterocycles. The summed E-state index contributed by atoms with van der Waals surface area (Å²) in [6.07, 6.45) is 1.59. The van der Waals surface area contributed by atoms with Gasteiger partial charge in [0.05, 0.1) is 6.54 Å². The van der Waals surface area contributed by atoms with E-state index in [0.29, 0.717) is 12.4 Å². The van der Waals surface area contributed by atoms with Crippen LogP contribution >= 0.6 is 0 Å². The lowest BCUT2D eigenvalue weighted by atomic mass is 10.1. The lowest BCUT2D eigenvalue weighted by Gasteiger charge is -2.11. The maximum atomic E-state index is 11.8. The first-order valence-corrected chi connectivity index (χ1v) is 6.36. The number of hydrogen-bond acceptors (Lipinski definition) is 4. The van der Waals surface area contributed by atoms with E-state index in [0.717, 1.165) is 16.9 Å². The molecule has 1 aromatic carbocycles. The molecule has 1 amide bonds. The van der Waals surface area contributed by atoms with Gasteiger partial charge in [0.1, 0.15) is 12.1 Å². The third-order valence-corrected chi connectivity index (χ3v) is 3.01. The van der Waals surface area contributed by atoms with Gasteiger partial charge in [0.15, 0.2) is 12.4 Å². The van der Waals surface area contributed by atoms with E-state index < -0.39 is 0 Å². The zero-order chi connectivity index (χ0) is 14.5. The molecule has 1 heterocycles. The largest absolute Gasteiger partial charge is 0.483 e. The fourth-order valence-electron chi connectivity index (χ4n) is 1.86. The van der Waals surface area contributed by atoms with Gasteiger partial charge < -0.3 is 14.6 Å². The van der Waals surface area contributed by atoms with Crippen molar-refractivity contribution in [1.29, 1.82) is 0 Å². The Hall–Kier alpha value is -2.37. The molecule has 0 fully saturated rings. The van der Waals surface area contributed by atoms with Crippen LogP contribution in [0.25, 0.3) is 0 Å². The molecule has 0 atom stereocenters. The Labute approximate surface area is 117 Å². The van der Waals surface area contributed by atoms with Crippen molar-refractivity contribution in [2.24, 2.45) is 7.05 Å². The number of benzene rings is 1. The smallest absolute Gasteiger partial charge is 0.258 e. The third-order valence-electron chi connectivity index (χ3n) is 3.01. The average Bonchev–Trinajstić information content (AvgIpc) is 2.81. The standard InChI is InChI=1S/C14H18N4O2/c1-10-5-4-6-11(2)14(10)20-8-13(19)15-7-12-17-16-9-18(12)3/h4-6,9H,7-8H2,1-3H3,(H,15,19). The zero-order valence-electron chi connectivity index (χ0n) is 11.9. The molecular weight excluding hydrogens is 256 g/mol. The van der Waals surface area contributed by atoms with Gasteiger partial charge in [0.25, 0.3) is 5.91 Å². The Kier molecular flexibility index (Phi) is 4.34. The highest BCUT2D eigenvalue weighted by Gasteiger charge is 2.08. The van der Waals surface area contributed by atoms with Crippen molar-refractivity contribution in [2.75, 3.05) is 6.61 Å². The number of carbonyl (C=O) groups is 1. The van der Waals surface area contributed by atoms with Crippen LogP contribution in [0.15, 0.2) is 24.5 Å². The van der Waals surface area contributed by atoms with E-state index in [1.54, 1.807) is 10.9 Å². The minimum absolute atomic E-state index is 0.0104. The summed E-state index contributed by atoms with van der Waals surface area (Å²) in [5.74, 6) is 1.28. The number of nitrogens with zero attached hydrogens (tertiary/aromatic N) is 3. The minimum Gasteiger partial charge on any atom is -0.483 e. The second-order valence-corrected chi connectivity index (χ2v) is 4.64. The maximum absolute atomic E-state index is 11.8. The van der Waals surface area contributed by atoms with E-state index in [2.05, 4.69) is 15.5 Å². The third kappa shape index (κ3) is 3.34. The first-order valence-electron chi connectivity index (χ1n) is 6.36. The van der Waals surface area contributed by atoms with E-state index in [-0.39, 0.29) is 12.5 Å². The van der Waals surface area contributed by atoms with E-state index >= 15 is 0 Å². The molecule has 0 radical (unpaired) electrons. The molecule has 2 aromatic rings. The predicted molar refractivity (Wildman–Crippen MR) is 74.3 cm³/mol. The highest BCUT2D eigenvalue weighted by Crippen LogP contribution is 2.21. The van der Waals surface area contributed by atoms with E-state index in [9.17, 15) is 4.79 Å². The van der Waals surface area contributed by atoms with E-state index in [1.165, 1.54) is 0 Å². The molecule has 0 bridgehead atoms. The summed E-state index contributed by atoms with van der Waals surface area (Å²) < 4.78 is 7.33. The van der Waals surface area contributed by atoms with Gasteiger partial charge in [-0.05, 0) is 25.0 Å². The summed E-state index contributed by atoms with van der Waals surface area (Å²) >= 11 is 0. The highest BCUT2D eigenvalue weighted by molar-refractivity contribution is 5.77. The van der Waals surface area contributed by atoms with Gasteiger partial charge in [0, 0.05) is 7.05 Å². The second kappa shape index (κ2) is 6.18. The number of aryl methyl sites for hydroxylation is 3. The number of hydrogen-bond donors (Lipinski definition) is 1. The van der Waals surface area contributed by atoms with Crippen LogP contribution in [0.3, 0.4) is 0 Å². The van der Waals surface area contributed by atoms with Gasteiger partial charge in [-0.15, -0.1) is 10.2 Å². The Morgan fingerprint density at radius 2 is 2.05 bits per heavy atom. The molecule has 6 heteroatoms. The normalized spacial score (nSPS) is 10.3. The van der Waals surface area contributed by atoms with Crippen molar-refractivity contribution < 1.29 is 9.53 Å². The number of para-hydroxylation sites is 1. The summed E-state index contributed by atoms with van der Waals surface area (Å²) in [4.78, 5) is 11.8. The summed E-state index contributed by atoms with van der Waals surface area (Å²) in [5.41, 5.74) is 2.04. The molecule has 0 saturated carbocycles. The molecular formula is C14H18N4O2. The summed E-state index contributed by atoms with van der Waals surface area (Å²) in [7, 11) is 1.83. The summed E-state index contributed by atoms with van der Waals surface area (Å²) in [6.45, 7) is 4.24. The lowest BCUT2D eigenvalue weighted by molar-refractivity contribution is -0.123. The fraction of sp³-hybridized carbons (Fsp3) is 0.357. The Morgan fingerprint density at radius 1 is 1.35 bits per heavy atom. The van der Waals surface area contributed by atoms with Gasteiger partial charge in [-0.3, -0.25) is 4.79 Å². The number of carbonyl (C=O) groups excluding carboxylic acids is 1. The van der Waals surface area contributed by atoms with Gasteiger partial charge in [-0.2, -0.15) is 0 Å². The molecule has 0 unspecified atom stereocenters. The van der Waals surface area contributed by atoms with Crippen LogP contribution < -0.4 is 10.1 Å². The Bertz CT molecular complexity index is 587. The lowest BCUT2D eigenvalue weighted by Crippen LogP contribution is -2.29. The van der Waals surface area contributed by atoms with Crippen molar-refractivity contribution in [3.63, 3.8) is 0 Å².